The van der Waals surface area contributed by atoms with Crippen molar-refractivity contribution in [1.29, 1.82) is 0 Å². The van der Waals surface area contributed by atoms with Gasteiger partial charge in [0.15, 0.2) is 29.1 Å². The molecule has 1 atom stereocenters. The third kappa shape index (κ3) is 5.69. The fraction of sp³-hybridized carbons (Fsp3) is 0.364. The van der Waals surface area contributed by atoms with Crippen LogP contribution in [0.1, 0.15) is 18.9 Å². The lowest BCUT2D eigenvalue weighted by Crippen LogP contribution is -2.38. The van der Waals surface area contributed by atoms with Gasteiger partial charge in [-0.2, -0.15) is 4.72 Å². The number of ether oxygens (including phenoxy) is 5. The third-order valence-corrected chi connectivity index (χ3v) is 6.42. The Morgan fingerprint density at radius 3 is 2.47 bits per heavy atom. The van der Waals surface area contributed by atoms with E-state index in [-0.39, 0.29) is 18.2 Å². The van der Waals surface area contributed by atoms with Crippen molar-refractivity contribution in [2.45, 2.75) is 30.9 Å². The lowest BCUT2D eigenvalue weighted by molar-refractivity contribution is -0.153. The maximum absolute atomic E-state index is 12.6. The fourth-order valence-corrected chi connectivity index (χ4v) is 4.21. The number of rotatable bonds is 8. The van der Waals surface area contributed by atoms with Crippen molar-refractivity contribution in [3.05, 3.63) is 42.0 Å². The molecule has 12 heteroatoms. The second-order valence-electron chi connectivity index (χ2n) is 7.52. The van der Waals surface area contributed by atoms with Gasteiger partial charge >= 0.3 is 5.97 Å². The zero-order chi connectivity index (χ0) is 24.1. The largest absolute Gasteiger partial charge is 0.490 e. The zero-order valence-electron chi connectivity index (χ0n) is 18.4. The molecular formula is C22H24N2O9S. The summed E-state index contributed by atoms with van der Waals surface area (Å²) >= 11 is 0. The molecule has 182 valence electrons. The number of hydrogen-bond donors (Lipinski definition) is 2. The number of benzene rings is 2. The van der Waals surface area contributed by atoms with E-state index < -0.39 is 34.5 Å². The van der Waals surface area contributed by atoms with Crippen LogP contribution in [0.5, 0.6) is 23.0 Å². The van der Waals surface area contributed by atoms with E-state index >= 15 is 0 Å². The molecule has 0 spiro atoms. The van der Waals surface area contributed by atoms with E-state index in [1.165, 1.54) is 25.1 Å². The first-order valence-corrected chi connectivity index (χ1v) is 12.1. The fourth-order valence-electron chi connectivity index (χ4n) is 3.22. The summed E-state index contributed by atoms with van der Waals surface area (Å²) in [6, 6.07) is 9.45. The summed E-state index contributed by atoms with van der Waals surface area (Å²) in [7, 11) is -4.02. The molecule has 0 unspecified atom stereocenters. The number of nitrogens with one attached hydrogen (secondary N) is 2. The van der Waals surface area contributed by atoms with Crippen molar-refractivity contribution in [2.75, 3.05) is 26.6 Å². The Kier molecular flexibility index (Phi) is 7.08. The Balaban J connectivity index is 1.25. The number of carbonyl (C=O) groups is 2. The summed E-state index contributed by atoms with van der Waals surface area (Å²) in [6.45, 7) is 1.98. The Morgan fingerprint density at radius 2 is 1.65 bits per heavy atom. The Hall–Kier alpha value is -3.51. The first kappa shape index (κ1) is 23.6. The molecule has 0 bridgehead atoms. The van der Waals surface area contributed by atoms with Gasteiger partial charge in [0.05, 0.1) is 18.1 Å². The van der Waals surface area contributed by atoms with Crippen LogP contribution in [0.2, 0.25) is 0 Å². The molecule has 1 amide bonds. The monoisotopic (exact) mass is 492 g/mol. The van der Waals surface area contributed by atoms with Crippen LogP contribution in [0.25, 0.3) is 0 Å². The van der Waals surface area contributed by atoms with Gasteiger partial charge in [-0.3, -0.25) is 9.59 Å². The molecule has 34 heavy (non-hydrogen) atoms. The highest BCUT2D eigenvalue weighted by Gasteiger charge is 2.22. The van der Waals surface area contributed by atoms with Crippen LogP contribution in [-0.4, -0.2) is 52.9 Å². The second-order valence-corrected chi connectivity index (χ2v) is 9.29. The van der Waals surface area contributed by atoms with E-state index in [1.54, 1.807) is 18.2 Å². The van der Waals surface area contributed by atoms with Crippen LogP contribution in [0.3, 0.4) is 0 Å². The number of sulfonamides is 1. The predicted molar refractivity (Wildman–Crippen MR) is 117 cm³/mol. The van der Waals surface area contributed by atoms with E-state index in [0.717, 1.165) is 5.56 Å². The zero-order valence-corrected chi connectivity index (χ0v) is 19.2. The number of esters is 1. The van der Waals surface area contributed by atoms with Gasteiger partial charge in [-0.05, 0) is 36.8 Å². The van der Waals surface area contributed by atoms with E-state index in [0.29, 0.717) is 42.6 Å². The molecule has 2 aromatic rings. The van der Waals surface area contributed by atoms with Gasteiger partial charge in [-0.1, -0.05) is 6.07 Å². The first-order valence-electron chi connectivity index (χ1n) is 10.6. The summed E-state index contributed by atoms with van der Waals surface area (Å²) in [5.74, 6) is 0.561. The molecule has 2 N–H and O–H groups in total. The average Bonchev–Trinajstić information content (AvgIpc) is 3.16. The number of amides is 1. The van der Waals surface area contributed by atoms with Crippen LogP contribution < -0.4 is 29.0 Å². The van der Waals surface area contributed by atoms with Gasteiger partial charge < -0.3 is 29.0 Å². The van der Waals surface area contributed by atoms with Crippen LogP contribution in [-0.2, 0) is 30.9 Å². The molecule has 0 saturated carbocycles. The van der Waals surface area contributed by atoms with Crippen molar-refractivity contribution in [1.82, 2.24) is 10.0 Å². The second kappa shape index (κ2) is 10.2. The summed E-state index contributed by atoms with van der Waals surface area (Å²) < 4.78 is 53.8. The molecule has 0 fully saturated rings. The number of hydrogen-bond acceptors (Lipinski definition) is 9. The normalized spacial score (nSPS) is 15.2. The van der Waals surface area contributed by atoms with Gasteiger partial charge in [0.1, 0.15) is 6.54 Å². The van der Waals surface area contributed by atoms with Crippen molar-refractivity contribution in [3.63, 3.8) is 0 Å². The first-order chi connectivity index (χ1) is 16.3. The Labute approximate surface area is 196 Å². The minimum Gasteiger partial charge on any atom is -0.490 e. The van der Waals surface area contributed by atoms with Gasteiger partial charge in [0.25, 0.3) is 5.91 Å². The predicted octanol–water partition coefficient (Wildman–Crippen LogP) is 1.10. The molecule has 0 saturated heterocycles. The quantitative estimate of drug-likeness (QED) is 0.519. The summed E-state index contributed by atoms with van der Waals surface area (Å²) in [5.41, 5.74) is 0.777. The highest BCUT2D eigenvalue weighted by molar-refractivity contribution is 7.89. The third-order valence-electron chi connectivity index (χ3n) is 5.02. The molecule has 0 radical (unpaired) electrons. The highest BCUT2D eigenvalue weighted by Crippen LogP contribution is 2.33. The van der Waals surface area contributed by atoms with E-state index in [1.807, 2.05) is 0 Å². The SMILES string of the molecule is C[C@@H](OC(=O)CNS(=O)(=O)c1ccc2c(c1)OCCCO2)C(=O)NCc1ccc2c(c1)OCO2. The van der Waals surface area contributed by atoms with Crippen molar-refractivity contribution < 1.29 is 41.7 Å². The Morgan fingerprint density at radius 1 is 0.971 bits per heavy atom. The van der Waals surface area contributed by atoms with Gasteiger partial charge in [-0.15, -0.1) is 0 Å². The van der Waals surface area contributed by atoms with Gasteiger partial charge in [0.2, 0.25) is 16.8 Å². The van der Waals surface area contributed by atoms with Crippen molar-refractivity contribution >= 4 is 21.9 Å². The number of fused-ring (bicyclic) bond motifs is 2. The van der Waals surface area contributed by atoms with Crippen LogP contribution in [0, 0.1) is 0 Å². The molecule has 4 rings (SSSR count). The van der Waals surface area contributed by atoms with E-state index in [4.69, 9.17) is 23.7 Å². The lowest BCUT2D eigenvalue weighted by Gasteiger charge is -2.14. The molecule has 2 aromatic carbocycles. The molecule has 2 heterocycles. The average molecular weight is 493 g/mol. The van der Waals surface area contributed by atoms with Crippen molar-refractivity contribution in [2.24, 2.45) is 0 Å². The van der Waals surface area contributed by atoms with E-state index in [9.17, 15) is 18.0 Å². The standard InChI is InChI=1S/C22H24N2O9S/c1-14(22(26)23-11-15-3-5-18-19(9-15)32-13-31-18)33-21(25)12-24-34(27,28)16-4-6-17-20(10-16)30-8-2-7-29-17/h3-6,9-10,14,24H,2,7-8,11-13H2,1H3,(H,23,26)/t14-/m1/s1. The smallest absolute Gasteiger partial charge is 0.321 e. The summed E-state index contributed by atoms with van der Waals surface area (Å²) in [6.07, 6.45) is -0.437. The summed E-state index contributed by atoms with van der Waals surface area (Å²) in [4.78, 5) is 24.3. The number of carbonyl (C=O) groups excluding carboxylic acids is 2. The van der Waals surface area contributed by atoms with Crippen LogP contribution in [0.15, 0.2) is 41.3 Å². The van der Waals surface area contributed by atoms with Crippen LogP contribution in [0.4, 0.5) is 0 Å². The minimum absolute atomic E-state index is 0.0842. The molecule has 2 aliphatic rings. The summed E-state index contributed by atoms with van der Waals surface area (Å²) in [5, 5.41) is 2.65. The maximum atomic E-state index is 12.6. The van der Waals surface area contributed by atoms with Crippen LogP contribution >= 0.6 is 0 Å². The Bertz CT molecular complexity index is 1180. The molecular weight excluding hydrogens is 468 g/mol. The minimum atomic E-state index is -4.02. The molecule has 0 aliphatic carbocycles. The molecule has 0 aromatic heterocycles. The van der Waals surface area contributed by atoms with Gasteiger partial charge in [0, 0.05) is 19.0 Å². The maximum Gasteiger partial charge on any atom is 0.321 e. The van der Waals surface area contributed by atoms with Crippen molar-refractivity contribution in [3.8, 4) is 23.0 Å². The highest BCUT2D eigenvalue weighted by atomic mass is 32.2. The van der Waals surface area contributed by atoms with E-state index in [2.05, 4.69) is 10.0 Å². The molecule has 2 aliphatic heterocycles. The molecule has 11 nitrogen and oxygen atoms in total. The lowest BCUT2D eigenvalue weighted by atomic mass is 10.2. The van der Waals surface area contributed by atoms with Gasteiger partial charge in [-0.25, -0.2) is 8.42 Å². The topological polar surface area (TPSA) is 138 Å².